The van der Waals surface area contributed by atoms with Crippen LogP contribution in [0.5, 0.6) is 0 Å². The van der Waals surface area contributed by atoms with Gasteiger partial charge in [-0.3, -0.25) is 23.4 Å². The van der Waals surface area contributed by atoms with E-state index in [1.54, 1.807) is 0 Å². The molecule has 2 N–H and O–H groups in total. The third kappa shape index (κ3) is 50.1. The van der Waals surface area contributed by atoms with Gasteiger partial charge in [0.15, 0.2) is 6.10 Å². The van der Waals surface area contributed by atoms with E-state index >= 15 is 0 Å². The van der Waals surface area contributed by atoms with Gasteiger partial charge in [-0.2, -0.15) is 0 Å². The molecule has 11 nitrogen and oxygen atoms in total. The highest BCUT2D eigenvalue weighted by Crippen LogP contribution is 2.43. The molecule has 0 bridgehead atoms. The van der Waals surface area contributed by atoms with Crippen LogP contribution < -0.4 is 0 Å². The van der Waals surface area contributed by atoms with Crippen LogP contribution in [0.4, 0.5) is 0 Å². The van der Waals surface area contributed by atoms with Crippen molar-refractivity contribution in [3.05, 3.63) is 60.8 Å². The summed E-state index contributed by atoms with van der Waals surface area (Å²) in [6.07, 6.45) is 56.2. The van der Waals surface area contributed by atoms with E-state index < -0.39 is 57.8 Å². The Hall–Kier alpha value is -2.82. The lowest BCUT2D eigenvalue weighted by molar-refractivity contribution is -0.161. The SMILES string of the molecule is CC/C=C\C/C=C\C/C=C\CCCCCCCC(=O)OC(COC(=O)CCCCCCCCCCC/C=C\C/C=C\CCCCC)COP(=O)(O)OCC(CO)OC(=O)CCCCCCCCCCC. The zero-order chi connectivity index (χ0) is 51.3. The monoisotopic (exact) mass is 1010 g/mol. The van der Waals surface area contributed by atoms with Crippen molar-refractivity contribution in [2.24, 2.45) is 0 Å². The molecule has 12 heteroatoms. The quantitative estimate of drug-likeness (QED) is 0.0197. The molecule has 0 aliphatic rings. The number of allylic oxidation sites excluding steroid dienone is 10. The van der Waals surface area contributed by atoms with Gasteiger partial charge in [-0.1, -0.05) is 210 Å². The summed E-state index contributed by atoms with van der Waals surface area (Å²) in [5.74, 6) is -1.48. The summed E-state index contributed by atoms with van der Waals surface area (Å²) in [4.78, 5) is 48.4. The molecule has 3 unspecified atom stereocenters. The summed E-state index contributed by atoms with van der Waals surface area (Å²) in [7, 11) is -4.74. The molecule has 0 saturated carbocycles. The van der Waals surface area contributed by atoms with Gasteiger partial charge in [0.05, 0.1) is 19.8 Å². The fourth-order valence-electron chi connectivity index (χ4n) is 7.64. The molecule has 0 aromatic carbocycles. The number of hydrogen-bond donors (Lipinski definition) is 2. The van der Waals surface area contributed by atoms with E-state index in [2.05, 4.69) is 81.5 Å². The van der Waals surface area contributed by atoms with Gasteiger partial charge in [0.2, 0.25) is 0 Å². The summed E-state index contributed by atoms with van der Waals surface area (Å²) < 4.78 is 39.4. The minimum Gasteiger partial charge on any atom is -0.462 e. The highest BCUT2D eigenvalue weighted by molar-refractivity contribution is 7.47. The van der Waals surface area contributed by atoms with Crippen molar-refractivity contribution in [3.63, 3.8) is 0 Å². The number of phosphoric acid groups is 1. The number of carbonyl (C=O) groups is 3. The molecule has 0 radical (unpaired) electrons. The second-order valence-corrected chi connectivity index (χ2v) is 20.2. The second kappa shape index (κ2) is 52.5. The highest BCUT2D eigenvalue weighted by atomic mass is 31.2. The number of rotatable bonds is 52. The third-order valence-corrected chi connectivity index (χ3v) is 12.9. The minimum absolute atomic E-state index is 0.148. The van der Waals surface area contributed by atoms with E-state index in [0.717, 1.165) is 103 Å². The Labute approximate surface area is 427 Å². The molecule has 0 spiro atoms. The van der Waals surface area contributed by atoms with Crippen LogP contribution >= 0.6 is 7.82 Å². The van der Waals surface area contributed by atoms with E-state index in [1.165, 1.54) is 89.9 Å². The molecule has 0 saturated heterocycles. The van der Waals surface area contributed by atoms with E-state index in [4.69, 9.17) is 23.3 Å². The van der Waals surface area contributed by atoms with Gasteiger partial charge in [0, 0.05) is 19.3 Å². The molecule has 0 heterocycles. The molecular weight excluding hydrogens is 904 g/mol. The fraction of sp³-hybridized carbons (Fsp3) is 0.776. The molecule has 0 fully saturated rings. The third-order valence-electron chi connectivity index (χ3n) is 11.9. The van der Waals surface area contributed by atoms with Crippen molar-refractivity contribution in [1.82, 2.24) is 0 Å². The average Bonchev–Trinajstić information content (AvgIpc) is 3.35. The molecule has 0 aliphatic heterocycles. The van der Waals surface area contributed by atoms with E-state index in [-0.39, 0.29) is 25.9 Å². The topological polar surface area (TPSA) is 155 Å². The lowest BCUT2D eigenvalue weighted by atomic mass is 10.1. The van der Waals surface area contributed by atoms with Crippen molar-refractivity contribution in [3.8, 4) is 0 Å². The maximum absolute atomic E-state index is 12.9. The molecule has 406 valence electrons. The van der Waals surface area contributed by atoms with Gasteiger partial charge in [-0.15, -0.1) is 0 Å². The first-order chi connectivity index (χ1) is 34.2. The second-order valence-electron chi connectivity index (χ2n) is 18.7. The van der Waals surface area contributed by atoms with Crippen molar-refractivity contribution in [1.29, 1.82) is 0 Å². The highest BCUT2D eigenvalue weighted by Gasteiger charge is 2.28. The van der Waals surface area contributed by atoms with E-state index in [1.807, 2.05) is 0 Å². The zero-order valence-electron chi connectivity index (χ0n) is 44.7. The Morgan fingerprint density at radius 2 is 0.743 bits per heavy atom. The molecule has 0 aliphatic carbocycles. The van der Waals surface area contributed by atoms with Crippen LogP contribution in [0.1, 0.15) is 252 Å². The van der Waals surface area contributed by atoms with Crippen LogP contribution in [0.15, 0.2) is 60.8 Å². The number of aliphatic hydroxyl groups excluding tert-OH is 1. The predicted octanol–water partition coefficient (Wildman–Crippen LogP) is 16.4. The summed E-state index contributed by atoms with van der Waals surface area (Å²) in [5.41, 5.74) is 0. The number of esters is 3. The standard InChI is InChI=1S/C58H103O11P/c1-4-7-10-13-16-19-21-23-25-26-27-28-30-31-33-36-38-41-44-47-56(60)65-51-55(69-58(62)49-46-43-40-37-34-32-29-24-22-20-17-14-11-8-5-2)53-67-70(63,64)66-52-54(50-59)68-57(61)48-45-42-39-35-18-15-12-9-6-3/h8,11,16-17,19-20,23-25,29,54-55,59H,4-7,9-10,12-15,18,21-22,26-28,30-53H2,1-3H3,(H,63,64)/b11-8-,19-16-,20-17-,25-23-,29-24-. The number of carbonyl (C=O) groups excluding carboxylic acids is 3. The maximum Gasteiger partial charge on any atom is 0.472 e. The Morgan fingerprint density at radius 3 is 1.17 bits per heavy atom. The van der Waals surface area contributed by atoms with Gasteiger partial charge in [0.25, 0.3) is 0 Å². The summed E-state index contributed by atoms with van der Waals surface area (Å²) in [6.45, 7) is 4.47. The average molecular weight is 1010 g/mol. The Balaban J connectivity index is 4.72. The van der Waals surface area contributed by atoms with Gasteiger partial charge in [-0.05, 0) is 83.5 Å². The van der Waals surface area contributed by atoms with Crippen LogP contribution in [0.2, 0.25) is 0 Å². The molecule has 70 heavy (non-hydrogen) atoms. The largest absolute Gasteiger partial charge is 0.472 e. The summed E-state index contributed by atoms with van der Waals surface area (Å²) >= 11 is 0. The van der Waals surface area contributed by atoms with Crippen molar-refractivity contribution in [2.75, 3.05) is 26.4 Å². The molecule has 0 aromatic rings. The van der Waals surface area contributed by atoms with Crippen LogP contribution in [0, 0.1) is 0 Å². The van der Waals surface area contributed by atoms with Crippen LogP contribution in [-0.2, 0) is 42.2 Å². The first-order valence-corrected chi connectivity index (χ1v) is 29.7. The number of phosphoric ester groups is 1. The van der Waals surface area contributed by atoms with E-state index in [0.29, 0.717) is 19.3 Å². The first kappa shape index (κ1) is 67.2. The number of ether oxygens (including phenoxy) is 3. The Bertz CT molecular complexity index is 1410. The van der Waals surface area contributed by atoms with Crippen molar-refractivity contribution < 1.29 is 52.2 Å². The summed E-state index contributed by atoms with van der Waals surface area (Å²) in [5, 5.41) is 9.76. The molecule has 0 rings (SSSR count). The smallest absolute Gasteiger partial charge is 0.462 e. The van der Waals surface area contributed by atoms with Gasteiger partial charge < -0.3 is 24.2 Å². The van der Waals surface area contributed by atoms with Gasteiger partial charge in [0.1, 0.15) is 12.7 Å². The lowest BCUT2D eigenvalue weighted by Crippen LogP contribution is -2.30. The molecular formula is C58H103O11P. The number of aliphatic hydroxyl groups is 1. The van der Waals surface area contributed by atoms with Crippen LogP contribution in [0.25, 0.3) is 0 Å². The van der Waals surface area contributed by atoms with E-state index in [9.17, 15) is 28.9 Å². The molecule has 3 atom stereocenters. The van der Waals surface area contributed by atoms with Gasteiger partial charge >= 0.3 is 25.7 Å². The van der Waals surface area contributed by atoms with Crippen molar-refractivity contribution >= 4 is 25.7 Å². The Morgan fingerprint density at radius 1 is 0.414 bits per heavy atom. The fourth-order valence-corrected chi connectivity index (χ4v) is 8.42. The lowest BCUT2D eigenvalue weighted by Gasteiger charge is -2.21. The molecule has 0 aromatic heterocycles. The number of hydrogen-bond acceptors (Lipinski definition) is 10. The minimum atomic E-state index is -4.74. The number of unbranched alkanes of at least 4 members (excludes halogenated alkanes) is 25. The van der Waals surface area contributed by atoms with Crippen LogP contribution in [-0.4, -0.2) is 66.5 Å². The first-order valence-electron chi connectivity index (χ1n) is 28.2. The predicted molar refractivity (Wildman–Crippen MR) is 288 cm³/mol. The Kier molecular flexibility index (Phi) is 50.4. The van der Waals surface area contributed by atoms with Crippen LogP contribution in [0.3, 0.4) is 0 Å². The normalized spacial score (nSPS) is 13.8. The summed E-state index contributed by atoms with van der Waals surface area (Å²) in [6, 6.07) is 0. The van der Waals surface area contributed by atoms with Crippen molar-refractivity contribution in [2.45, 2.75) is 264 Å². The van der Waals surface area contributed by atoms with Gasteiger partial charge in [-0.25, -0.2) is 4.57 Å². The maximum atomic E-state index is 12.9. The molecule has 0 amide bonds. The zero-order valence-corrected chi connectivity index (χ0v) is 45.6.